The van der Waals surface area contributed by atoms with E-state index in [1.54, 1.807) is 26.0 Å². The molecule has 0 unspecified atom stereocenters. The van der Waals surface area contributed by atoms with E-state index in [0.29, 0.717) is 18.0 Å². The van der Waals surface area contributed by atoms with Crippen LogP contribution in [-0.2, 0) is 11.3 Å². The zero-order valence-electron chi connectivity index (χ0n) is 18.9. The van der Waals surface area contributed by atoms with Crippen LogP contribution >= 0.6 is 11.8 Å². The van der Waals surface area contributed by atoms with Crippen molar-refractivity contribution in [3.8, 4) is 11.5 Å². The average molecular weight is 465 g/mol. The highest BCUT2D eigenvalue weighted by Crippen LogP contribution is 2.29. The van der Waals surface area contributed by atoms with E-state index in [0.717, 1.165) is 47.2 Å². The lowest BCUT2D eigenvalue weighted by Crippen LogP contribution is -2.40. The molecule has 4 rings (SSSR count). The second-order valence-corrected chi connectivity index (χ2v) is 8.91. The number of benzene rings is 2. The maximum Gasteiger partial charge on any atom is 0.223 e. The fourth-order valence-corrected chi connectivity index (χ4v) is 4.59. The smallest absolute Gasteiger partial charge is 0.223 e. The average Bonchev–Trinajstić information content (AvgIpc) is 2.88. The number of methoxy groups -OCH3 is 2. The van der Waals surface area contributed by atoms with E-state index in [4.69, 9.17) is 9.47 Å². The summed E-state index contributed by atoms with van der Waals surface area (Å²) in [5.74, 6) is 2.28. The van der Waals surface area contributed by atoms with Crippen molar-refractivity contribution >= 4 is 23.5 Å². The van der Waals surface area contributed by atoms with E-state index in [2.05, 4.69) is 32.5 Å². The number of amides is 1. The molecule has 0 saturated carbocycles. The number of hydrogen-bond donors (Lipinski definition) is 1. The van der Waals surface area contributed by atoms with Gasteiger partial charge in [0, 0.05) is 30.4 Å². The number of rotatable bonds is 8. The molecule has 0 radical (unpaired) electrons. The molecule has 1 aromatic heterocycles. The van der Waals surface area contributed by atoms with Crippen LogP contribution in [0.3, 0.4) is 0 Å². The monoisotopic (exact) mass is 464 g/mol. The van der Waals surface area contributed by atoms with Crippen LogP contribution in [0, 0.1) is 5.92 Å². The number of piperidine rings is 1. The fourth-order valence-electron chi connectivity index (χ4n) is 3.84. The van der Waals surface area contributed by atoms with E-state index in [9.17, 15) is 4.79 Å². The molecule has 1 amide bonds. The molecule has 3 aromatic rings. The molecule has 1 fully saturated rings. The summed E-state index contributed by atoms with van der Waals surface area (Å²) >= 11 is 1.60. The van der Waals surface area contributed by atoms with Crippen molar-refractivity contribution < 1.29 is 14.3 Å². The van der Waals surface area contributed by atoms with Crippen molar-refractivity contribution in [2.75, 3.05) is 32.2 Å². The van der Waals surface area contributed by atoms with Crippen molar-refractivity contribution in [1.29, 1.82) is 0 Å². The molecule has 8 heteroatoms. The molecule has 1 N–H and O–H groups in total. The summed E-state index contributed by atoms with van der Waals surface area (Å²) in [4.78, 5) is 16.0. The first-order chi connectivity index (χ1) is 16.2. The highest BCUT2D eigenvalue weighted by Gasteiger charge is 2.25. The summed E-state index contributed by atoms with van der Waals surface area (Å²) in [6, 6.07) is 19.8. The van der Waals surface area contributed by atoms with E-state index < -0.39 is 0 Å². The van der Waals surface area contributed by atoms with Crippen LogP contribution in [-0.4, -0.2) is 43.4 Å². The van der Waals surface area contributed by atoms with Crippen LogP contribution in [0.4, 0.5) is 5.82 Å². The Kier molecular flexibility index (Phi) is 7.67. The summed E-state index contributed by atoms with van der Waals surface area (Å²) in [6.45, 7) is 2.04. The number of aromatic nitrogens is 2. The van der Waals surface area contributed by atoms with Crippen LogP contribution in [0.1, 0.15) is 18.4 Å². The third kappa shape index (κ3) is 5.96. The lowest BCUT2D eigenvalue weighted by molar-refractivity contribution is -0.125. The summed E-state index contributed by atoms with van der Waals surface area (Å²) in [5, 5.41) is 12.7. The van der Waals surface area contributed by atoms with Crippen LogP contribution in [0.2, 0.25) is 0 Å². The Morgan fingerprint density at radius 3 is 2.42 bits per heavy atom. The first-order valence-electron chi connectivity index (χ1n) is 11.0. The van der Waals surface area contributed by atoms with Crippen molar-refractivity contribution in [3.05, 3.63) is 66.2 Å². The molecule has 0 aliphatic carbocycles. The third-order valence-electron chi connectivity index (χ3n) is 5.70. The number of nitrogens with one attached hydrogen (secondary N) is 1. The lowest BCUT2D eigenvalue weighted by atomic mass is 9.96. The van der Waals surface area contributed by atoms with Gasteiger partial charge in [0.05, 0.1) is 14.2 Å². The van der Waals surface area contributed by atoms with E-state index >= 15 is 0 Å². The molecule has 7 nitrogen and oxygen atoms in total. The lowest BCUT2D eigenvalue weighted by Gasteiger charge is -2.31. The zero-order chi connectivity index (χ0) is 23.0. The van der Waals surface area contributed by atoms with Gasteiger partial charge in [0.25, 0.3) is 0 Å². The zero-order valence-corrected chi connectivity index (χ0v) is 19.7. The van der Waals surface area contributed by atoms with Crippen molar-refractivity contribution in [3.63, 3.8) is 0 Å². The van der Waals surface area contributed by atoms with Gasteiger partial charge in [-0.15, -0.1) is 10.2 Å². The Labute approximate surface area is 198 Å². The minimum atomic E-state index is 0.00209. The van der Waals surface area contributed by atoms with Crippen LogP contribution in [0.5, 0.6) is 11.5 Å². The molecule has 33 heavy (non-hydrogen) atoms. The first kappa shape index (κ1) is 22.9. The quantitative estimate of drug-likeness (QED) is 0.536. The third-order valence-corrected chi connectivity index (χ3v) is 6.63. The summed E-state index contributed by atoms with van der Waals surface area (Å²) in [5.41, 5.74) is 0.974. The Morgan fingerprint density at radius 1 is 1.00 bits per heavy atom. The Bertz CT molecular complexity index is 1060. The highest BCUT2D eigenvalue weighted by atomic mass is 32.2. The molecular weight excluding hydrogens is 436 g/mol. The van der Waals surface area contributed by atoms with Crippen molar-refractivity contribution in [1.82, 2.24) is 15.5 Å². The number of anilines is 1. The summed E-state index contributed by atoms with van der Waals surface area (Å²) in [6.07, 6.45) is 1.58. The molecule has 2 aromatic carbocycles. The maximum atomic E-state index is 12.7. The SMILES string of the molecule is COc1ccc(CNC(=O)C2CCN(c3ccc(Sc4ccccc4)nn3)CC2)cc1OC. The molecule has 172 valence electrons. The van der Waals surface area contributed by atoms with Crippen molar-refractivity contribution in [2.24, 2.45) is 5.92 Å². The maximum absolute atomic E-state index is 12.7. The normalized spacial score (nSPS) is 14.1. The van der Waals surface area contributed by atoms with Gasteiger partial charge in [0.1, 0.15) is 5.03 Å². The molecule has 0 bridgehead atoms. The Morgan fingerprint density at radius 2 is 1.76 bits per heavy atom. The van der Waals surface area contributed by atoms with Gasteiger partial charge in [-0.2, -0.15) is 0 Å². The Hall–Kier alpha value is -3.26. The highest BCUT2D eigenvalue weighted by molar-refractivity contribution is 7.99. The minimum Gasteiger partial charge on any atom is -0.493 e. The number of carbonyl (C=O) groups is 1. The molecule has 0 spiro atoms. The fraction of sp³-hybridized carbons (Fsp3) is 0.320. The van der Waals surface area contributed by atoms with Gasteiger partial charge in [0.2, 0.25) is 5.91 Å². The number of nitrogens with zero attached hydrogens (tertiary/aromatic N) is 3. The minimum absolute atomic E-state index is 0.00209. The topological polar surface area (TPSA) is 76.6 Å². The molecule has 1 aliphatic heterocycles. The largest absolute Gasteiger partial charge is 0.493 e. The number of ether oxygens (including phenoxy) is 2. The van der Waals surface area contributed by atoms with Gasteiger partial charge >= 0.3 is 0 Å². The van der Waals surface area contributed by atoms with E-state index in [1.165, 1.54) is 0 Å². The molecule has 1 aliphatic rings. The molecule has 1 saturated heterocycles. The van der Waals surface area contributed by atoms with Crippen LogP contribution < -0.4 is 19.7 Å². The molecule has 0 atom stereocenters. The van der Waals surface area contributed by atoms with Crippen LogP contribution in [0.25, 0.3) is 0 Å². The predicted molar refractivity (Wildman–Crippen MR) is 129 cm³/mol. The van der Waals surface area contributed by atoms with Crippen LogP contribution in [0.15, 0.2) is 70.6 Å². The number of carbonyl (C=O) groups excluding carboxylic acids is 1. The number of hydrogen-bond acceptors (Lipinski definition) is 7. The van der Waals surface area contributed by atoms with Gasteiger partial charge in [-0.3, -0.25) is 4.79 Å². The van der Waals surface area contributed by atoms with Gasteiger partial charge in [-0.25, -0.2) is 0 Å². The Balaban J connectivity index is 1.26. The summed E-state index contributed by atoms with van der Waals surface area (Å²) in [7, 11) is 3.21. The van der Waals surface area contributed by atoms with Gasteiger partial charge < -0.3 is 19.7 Å². The predicted octanol–water partition coefficient (Wildman–Crippen LogP) is 4.18. The second kappa shape index (κ2) is 11.0. The van der Waals surface area contributed by atoms with Gasteiger partial charge in [0.15, 0.2) is 17.3 Å². The summed E-state index contributed by atoms with van der Waals surface area (Å²) < 4.78 is 10.6. The molecular formula is C25H28N4O3S. The van der Waals surface area contributed by atoms with Gasteiger partial charge in [-0.05, 0) is 54.8 Å². The van der Waals surface area contributed by atoms with E-state index in [-0.39, 0.29) is 11.8 Å². The van der Waals surface area contributed by atoms with E-state index in [1.807, 2.05) is 48.5 Å². The van der Waals surface area contributed by atoms with Gasteiger partial charge in [-0.1, -0.05) is 36.0 Å². The standard InChI is InChI=1S/C25H28N4O3S/c1-31-21-9-8-18(16-22(21)32-2)17-26-25(30)19-12-14-29(15-13-19)23-10-11-24(28-27-23)33-20-6-4-3-5-7-20/h3-11,16,19H,12-15,17H2,1-2H3,(H,26,30). The first-order valence-corrected chi connectivity index (χ1v) is 11.8. The van der Waals surface area contributed by atoms with Crippen molar-refractivity contribution in [2.45, 2.75) is 29.3 Å². The molecule has 2 heterocycles. The second-order valence-electron chi connectivity index (χ2n) is 7.81.